The van der Waals surface area contributed by atoms with Crippen molar-refractivity contribution in [3.63, 3.8) is 0 Å². The van der Waals surface area contributed by atoms with E-state index in [0.717, 1.165) is 5.69 Å². The fraction of sp³-hybridized carbons (Fsp3) is 0.238. The molecule has 1 saturated heterocycles. The van der Waals surface area contributed by atoms with Crippen molar-refractivity contribution >= 4 is 11.6 Å². The van der Waals surface area contributed by atoms with Crippen LogP contribution in [0.25, 0.3) is 5.69 Å². The molecule has 0 atom stereocenters. The van der Waals surface area contributed by atoms with Gasteiger partial charge in [-0.05, 0) is 49.4 Å². The Balaban J connectivity index is 1.52. The number of carbonyl (C=O) groups is 1. The van der Waals surface area contributed by atoms with Crippen LogP contribution in [0, 0.1) is 18.6 Å². The summed E-state index contributed by atoms with van der Waals surface area (Å²) in [5, 5.41) is 4.36. The highest BCUT2D eigenvalue weighted by Crippen LogP contribution is 2.20. The van der Waals surface area contributed by atoms with Crippen molar-refractivity contribution in [1.29, 1.82) is 0 Å². The lowest BCUT2D eigenvalue weighted by Gasteiger charge is -2.36. The fourth-order valence-electron chi connectivity index (χ4n) is 3.46. The molecule has 1 aromatic heterocycles. The Bertz CT molecular complexity index is 1010. The van der Waals surface area contributed by atoms with Gasteiger partial charge in [0, 0.05) is 31.9 Å². The zero-order chi connectivity index (χ0) is 19.7. The van der Waals surface area contributed by atoms with E-state index in [0.29, 0.717) is 43.3 Å². The molecule has 0 bridgehead atoms. The van der Waals surface area contributed by atoms with E-state index in [1.54, 1.807) is 36.1 Å². The van der Waals surface area contributed by atoms with E-state index >= 15 is 0 Å². The predicted molar refractivity (Wildman–Crippen MR) is 103 cm³/mol. The van der Waals surface area contributed by atoms with Gasteiger partial charge in [0.25, 0.3) is 5.91 Å². The molecule has 0 radical (unpaired) electrons. The van der Waals surface area contributed by atoms with Gasteiger partial charge in [-0.1, -0.05) is 12.1 Å². The summed E-state index contributed by atoms with van der Waals surface area (Å²) in [6.45, 7) is 4.06. The van der Waals surface area contributed by atoms with Crippen LogP contribution in [0.15, 0.2) is 54.6 Å². The molecule has 2 aromatic carbocycles. The molecule has 2 heterocycles. The topological polar surface area (TPSA) is 41.4 Å². The Morgan fingerprint density at radius 1 is 0.893 bits per heavy atom. The Labute approximate surface area is 161 Å². The van der Waals surface area contributed by atoms with Crippen molar-refractivity contribution in [3.05, 3.63) is 77.6 Å². The van der Waals surface area contributed by atoms with Gasteiger partial charge >= 0.3 is 0 Å². The Kier molecular flexibility index (Phi) is 4.81. The average molecular weight is 382 g/mol. The number of hydrogen-bond donors (Lipinski definition) is 0. The molecular formula is C21H20F2N4O. The van der Waals surface area contributed by atoms with Gasteiger partial charge in [-0.25, -0.2) is 13.5 Å². The van der Waals surface area contributed by atoms with Crippen LogP contribution in [0.5, 0.6) is 0 Å². The largest absolute Gasteiger partial charge is 0.368 e. The quantitative estimate of drug-likeness (QED) is 0.697. The molecular weight excluding hydrogens is 362 g/mol. The number of nitrogens with zero attached hydrogens (tertiary/aromatic N) is 4. The van der Waals surface area contributed by atoms with E-state index in [1.807, 2.05) is 6.07 Å². The number of anilines is 1. The van der Waals surface area contributed by atoms with Crippen molar-refractivity contribution in [2.24, 2.45) is 0 Å². The minimum Gasteiger partial charge on any atom is -0.368 e. The third-order valence-electron chi connectivity index (χ3n) is 4.84. The van der Waals surface area contributed by atoms with Crippen LogP contribution < -0.4 is 4.90 Å². The second-order valence-electron chi connectivity index (χ2n) is 6.82. The number of amides is 1. The number of benzene rings is 2. The zero-order valence-electron chi connectivity index (χ0n) is 15.5. The first-order chi connectivity index (χ1) is 13.5. The van der Waals surface area contributed by atoms with Gasteiger partial charge in [0.05, 0.1) is 11.4 Å². The van der Waals surface area contributed by atoms with Crippen LogP contribution in [0.1, 0.15) is 16.2 Å². The summed E-state index contributed by atoms with van der Waals surface area (Å²) < 4.78 is 28.6. The number of hydrogen-bond acceptors (Lipinski definition) is 3. The summed E-state index contributed by atoms with van der Waals surface area (Å²) in [6, 6.07) is 14.2. The first-order valence-electron chi connectivity index (χ1n) is 9.14. The normalized spacial score (nSPS) is 14.4. The van der Waals surface area contributed by atoms with Gasteiger partial charge < -0.3 is 9.80 Å². The third-order valence-corrected chi connectivity index (χ3v) is 4.84. The summed E-state index contributed by atoms with van der Waals surface area (Å²) in [6.07, 6.45) is 0. The lowest BCUT2D eigenvalue weighted by molar-refractivity contribution is 0.0737. The number of carbonyl (C=O) groups excluding carboxylic acids is 1. The van der Waals surface area contributed by atoms with E-state index in [9.17, 15) is 13.6 Å². The first kappa shape index (κ1) is 18.2. The molecule has 1 aliphatic heterocycles. The maximum absolute atomic E-state index is 13.6. The second kappa shape index (κ2) is 7.42. The lowest BCUT2D eigenvalue weighted by atomic mass is 10.2. The summed E-state index contributed by atoms with van der Waals surface area (Å²) in [5.41, 5.74) is 2.41. The van der Waals surface area contributed by atoms with E-state index in [1.165, 1.54) is 28.9 Å². The first-order valence-corrected chi connectivity index (χ1v) is 9.14. The standard InChI is InChI=1S/C21H20F2N4O/c1-15-12-20(27(24-15)19-7-3-5-17(23)14-19)21(28)26-10-8-25(9-11-26)18-6-2-4-16(22)13-18/h2-7,12-14H,8-11H2,1H3. The highest BCUT2D eigenvalue weighted by molar-refractivity contribution is 5.93. The molecule has 3 aromatic rings. The highest BCUT2D eigenvalue weighted by atomic mass is 19.1. The van der Waals surface area contributed by atoms with Crippen molar-refractivity contribution in [3.8, 4) is 5.69 Å². The molecule has 4 rings (SSSR count). The Hall–Kier alpha value is -3.22. The number of aryl methyl sites for hydroxylation is 1. The minimum absolute atomic E-state index is 0.149. The van der Waals surface area contributed by atoms with Crippen molar-refractivity contribution < 1.29 is 13.6 Å². The summed E-state index contributed by atoms with van der Waals surface area (Å²) in [7, 11) is 0. The minimum atomic E-state index is -0.382. The fourth-order valence-corrected chi connectivity index (χ4v) is 3.46. The Morgan fingerprint density at radius 2 is 1.50 bits per heavy atom. The van der Waals surface area contributed by atoms with Crippen LogP contribution >= 0.6 is 0 Å². The molecule has 28 heavy (non-hydrogen) atoms. The highest BCUT2D eigenvalue weighted by Gasteiger charge is 2.26. The lowest BCUT2D eigenvalue weighted by Crippen LogP contribution is -2.49. The molecule has 0 spiro atoms. The maximum Gasteiger partial charge on any atom is 0.272 e. The van der Waals surface area contributed by atoms with Crippen molar-refractivity contribution in [2.45, 2.75) is 6.92 Å². The van der Waals surface area contributed by atoms with Crippen LogP contribution in [0.4, 0.5) is 14.5 Å². The SMILES string of the molecule is Cc1cc(C(=O)N2CCN(c3cccc(F)c3)CC2)n(-c2cccc(F)c2)n1. The predicted octanol–water partition coefficient (Wildman–Crippen LogP) is 3.42. The van der Waals surface area contributed by atoms with Gasteiger partial charge in [-0.3, -0.25) is 4.79 Å². The monoisotopic (exact) mass is 382 g/mol. The second-order valence-corrected chi connectivity index (χ2v) is 6.82. The molecule has 0 unspecified atom stereocenters. The summed E-state index contributed by atoms with van der Waals surface area (Å²) in [5.74, 6) is -0.804. The van der Waals surface area contributed by atoms with Gasteiger partial charge in [0.2, 0.25) is 0 Å². The number of rotatable bonds is 3. The Morgan fingerprint density at radius 3 is 2.14 bits per heavy atom. The van der Waals surface area contributed by atoms with Crippen LogP contribution in [0.2, 0.25) is 0 Å². The van der Waals surface area contributed by atoms with Crippen LogP contribution in [-0.2, 0) is 0 Å². The zero-order valence-corrected chi connectivity index (χ0v) is 15.5. The van der Waals surface area contributed by atoms with Crippen molar-refractivity contribution in [2.75, 3.05) is 31.1 Å². The molecule has 0 N–H and O–H groups in total. The molecule has 5 nitrogen and oxygen atoms in total. The molecule has 1 amide bonds. The van der Waals surface area contributed by atoms with E-state index in [-0.39, 0.29) is 17.5 Å². The third kappa shape index (κ3) is 3.60. The molecule has 1 fully saturated rings. The van der Waals surface area contributed by atoms with Gasteiger partial charge in [0.15, 0.2) is 0 Å². The summed E-state index contributed by atoms with van der Waals surface area (Å²) in [4.78, 5) is 16.9. The van der Waals surface area contributed by atoms with Gasteiger partial charge in [-0.15, -0.1) is 0 Å². The molecule has 7 heteroatoms. The maximum atomic E-state index is 13.6. The number of aromatic nitrogens is 2. The molecule has 144 valence electrons. The van der Waals surface area contributed by atoms with Crippen LogP contribution in [0.3, 0.4) is 0 Å². The number of halogens is 2. The van der Waals surface area contributed by atoms with Crippen molar-refractivity contribution in [1.82, 2.24) is 14.7 Å². The van der Waals surface area contributed by atoms with Crippen LogP contribution in [-0.4, -0.2) is 46.8 Å². The molecule has 0 saturated carbocycles. The molecule has 1 aliphatic rings. The van der Waals surface area contributed by atoms with Gasteiger partial charge in [0.1, 0.15) is 17.3 Å². The number of piperazine rings is 1. The smallest absolute Gasteiger partial charge is 0.272 e. The van der Waals surface area contributed by atoms with E-state index < -0.39 is 0 Å². The van der Waals surface area contributed by atoms with E-state index in [2.05, 4.69) is 10.00 Å². The van der Waals surface area contributed by atoms with E-state index in [4.69, 9.17) is 0 Å². The average Bonchev–Trinajstić information content (AvgIpc) is 3.09. The summed E-state index contributed by atoms with van der Waals surface area (Å²) >= 11 is 0. The molecule has 0 aliphatic carbocycles. The van der Waals surface area contributed by atoms with Gasteiger partial charge in [-0.2, -0.15) is 5.10 Å².